The first-order valence-corrected chi connectivity index (χ1v) is 16.0. The molecule has 0 saturated carbocycles. The molecule has 1 aliphatic rings. The Hall–Kier alpha value is -5.24. The fourth-order valence-corrected chi connectivity index (χ4v) is 8.20. The summed E-state index contributed by atoms with van der Waals surface area (Å²) in [5, 5.41) is 2.70. The van der Waals surface area contributed by atoms with Crippen molar-refractivity contribution in [2.75, 3.05) is 0 Å². The Morgan fingerprint density at radius 1 is 0.364 bits per heavy atom. The molecular formula is C43H28S. The lowest BCUT2D eigenvalue weighted by Crippen LogP contribution is -1.89. The van der Waals surface area contributed by atoms with Crippen molar-refractivity contribution < 1.29 is 0 Å². The zero-order chi connectivity index (χ0) is 29.0. The van der Waals surface area contributed by atoms with Gasteiger partial charge >= 0.3 is 0 Å². The van der Waals surface area contributed by atoms with Gasteiger partial charge in [0, 0.05) is 20.2 Å². The maximum atomic E-state index is 2.43. The van der Waals surface area contributed by atoms with Crippen molar-refractivity contribution in [3.05, 3.63) is 169 Å². The summed E-state index contributed by atoms with van der Waals surface area (Å²) in [6.45, 7) is 0. The van der Waals surface area contributed by atoms with E-state index in [9.17, 15) is 0 Å². The molecule has 0 radical (unpaired) electrons. The average Bonchev–Trinajstić information content (AvgIpc) is 3.67. The van der Waals surface area contributed by atoms with Gasteiger partial charge in [-0.3, -0.25) is 0 Å². The number of hydrogen-bond donors (Lipinski definition) is 0. The average molecular weight is 577 g/mol. The van der Waals surface area contributed by atoms with Crippen molar-refractivity contribution in [3.63, 3.8) is 0 Å². The van der Waals surface area contributed by atoms with Gasteiger partial charge in [0.15, 0.2) is 0 Å². The number of rotatable bonds is 4. The molecule has 0 N–H and O–H groups in total. The third-order valence-electron chi connectivity index (χ3n) is 9.16. The minimum atomic E-state index is 0.963. The Morgan fingerprint density at radius 3 is 1.84 bits per heavy atom. The quantitative estimate of drug-likeness (QED) is 0.195. The lowest BCUT2D eigenvalue weighted by Gasteiger charge is -2.11. The third-order valence-corrected chi connectivity index (χ3v) is 10.4. The predicted molar refractivity (Wildman–Crippen MR) is 189 cm³/mol. The Morgan fingerprint density at radius 2 is 0.955 bits per heavy atom. The first kappa shape index (κ1) is 25.3. The van der Waals surface area contributed by atoms with Crippen LogP contribution in [0.2, 0.25) is 0 Å². The maximum absolute atomic E-state index is 2.43. The molecular weight excluding hydrogens is 549 g/mol. The number of hydrogen-bond acceptors (Lipinski definition) is 1. The number of fused-ring (bicyclic) bond motifs is 6. The van der Waals surface area contributed by atoms with E-state index in [4.69, 9.17) is 0 Å². The van der Waals surface area contributed by atoms with Gasteiger partial charge < -0.3 is 0 Å². The molecule has 206 valence electrons. The molecule has 7 aromatic carbocycles. The molecule has 0 bridgehead atoms. The van der Waals surface area contributed by atoms with Crippen LogP contribution in [0.25, 0.3) is 75.8 Å². The van der Waals surface area contributed by atoms with Crippen LogP contribution in [-0.4, -0.2) is 0 Å². The molecule has 1 heteroatoms. The van der Waals surface area contributed by atoms with E-state index in [1.165, 1.54) is 86.9 Å². The molecule has 0 unspecified atom stereocenters. The molecule has 0 spiro atoms. The topological polar surface area (TPSA) is 0 Å². The normalized spacial score (nSPS) is 12.0. The summed E-state index contributed by atoms with van der Waals surface area (Å²) in [7, 11) is 0. The molecule has 1 aliphatic carbocycles. The van der Waals surface area contributed by atoms with E-state index in [1.54, 1.807) is 0 Å². The Bertz CT molecular complexity index is 2340. The van der Waals surface area contributed by atoms with Crippen molar-refractivity contribution in [3.8, 4) is 55.6 Å². The Balaban J connectivity index is 1.09. The van der Waals surface area contributed by atoms with Gasteiger partial charge in [-0.2, -0.15) is 0 Å². The van der Waals surface area contributed by atoms with Crippen LogP contribution in [0.3, 0.4) is 0 Å². The van der Waals surface area contributed by atoms with E-state index in [-0.39, 0.29) is 0 Å². The second kappa shape index (κ2) is 10.2. The van der Waals surface area contributed by atoms with Gasteiger partial charge in [-0.25, -0.2) is 0 Å². The zero-order valence-electron chi connectivity index (χ0n) is 24.1. The van der Waals surface area contributed by atoms with E-state index in [0.717, 1.165) is 6.42 Å². The van der Waals surface area contributed by atoms with Gasteiger partial charge in [-0.1, -0.05) is 140 Å². The summed E-state index contributed by atoms with van der Waals surface area (Å²) >= 11 is 1.90. The highest BCUT2D eigenvalue weighted by molar-refractivity contribution is 7.26. The second-order valence-electron chi connectivity index (χ2n) is 11.7. The van der Waals surface area contributed by atoms with Crippen LogP contribution < -0.4 is 0 Å². The molecule has 1 aromatic heterocycles. The van der Waals surface area contributed by atoms with Crippen LogP contribution in [0.5, 0.6) is 0 Å². The highest BCUT2D eigenvalue weighted by Gasteiger charge is 2.23. The van der Waals surface area contributed by atoms with Crippen molar-refractivity contribution >= 4 is 31.5 Å². The van der Waals surface area contributed by atoms with E-state index in [2.05, 4.69) is 158 Å². The summed E-state index contributed by atoms with van der Waals surface area (Å²) in [5.41, 5.74) is 15.8. The third kappa shape index (κ3) is 4.12. The first-order valence-electron chi connectivity index (χ1n) is 15.2. The van der Waals surface area contributed by atoms with Crippen molar-refractivity contribution in [1.29, 1.82) is 0 Å². The molecule has 44 heavy (non-hydrogen) atoms. The largest absolute Gasteiger partial charge is 0.135 e. The molecule has 0 amide bonds. The molecule has 8 aromatic rings. The van der Waals surface area contributed by atoms with Crippen molar-refractivity contribution in [2.45, 2.75) is 6.42 Å². The first-order chi connectivity index (χ1) is 21.8. The molecule has 0 fully saturated rings. The van der Waals surface area contributed by atoms with Gasteiger partial charge in [0.05, 0.1) is 0 Å². The summed E-state index contributed by atoms with van der Waals surface area (Å²) in [5.74, 6) is 0. The maximum Gasteiger partial charge on any atom is 0.0433 e. The molecule has 1 heterocycles. The monoisotopic (exact) mass is 576 g/mol. The highest BCUT2D eigenvalue weighted by Crippen LogP contribution is 2.45. The van der Waals surface area contributed by atoms with Crippen molar-refractivity contribution in [1.82, 2.24) is 0 Å². The second-order valence-corrected chi connectivity index (χ2v) is 12.7. The predicted octanol–water partition coefficient (Wildman–Crippen LogP) is 12.3. The summed E-state index contributed by atoms with van der Waals surface area (Å²) in [6, 6.07) is 58.0. The van der Waals surface area contributed by atoms with Crippen LogP contribution in [0, 0.1) is 0 Å². The molecule has 0 saturated heterocycles. The summed E-state index contributed by atoms with van der Waals surface area (Å²) < 4.78 is 2.72. The van der Waals surface area contributed by atoms with Crippen LogP contribution >= 0.6 is 11.3 Å². The minimum Gasteiger partial charge on any atom is -0.135 e. The van der Waals surface area contributed by atoms with E-state index in [1.807, 2.05) is 11.3 Å². The molecule has 9 rings (SSSR count). The standard InChI is InChI=1S/C43H28S/c1-2-9-28(10-3-1)29-19-21-30(22-20-29)31-11-6-12-32(25-31)35-14-7-16-37-40-26-33(23-24-34(40)27-41(35)37)36-15-8-17-39-38-13-4-5-18-42(38)44-43(36)39/h1-26H,27H2. The SMILES string of the molecule is c1ccc(-c2ccc(-c3cccc(-c4cccc5c4Cc4ccc(-c6cccc7c6sc6ccccc67)cc4-5)c3)cc2)cc1. The van der Waals surface area contributed by atoms with Crippen LogP contribution in [0.15, 0.2) is 158 Å². The van der Waals surface area contributed by atoms with Gasteiger partial charge in [0.25, 0.3) is 0 Å². The smallest absolute Gasteiger partial charge is 0.0433 e. The van der Waals surface area contributed by atoms with Crippen LogP contribution in [0.1, 0.15) is 11.1 Å². The molecule has 0 nitrogen and oxygen atoms in total. The van der Waals surface area contributed by atoms with Gasteiger partial charge in [-0.15, -0.1) is 11.3 Å². The minimum absolute atomic E-state index is 0.963. The van der Waals surface area contributed by atoms with Gasteiger partial charge in [0.1, 0.15) is 0 Å². The fourth-order valence-electron chi connectivity index (χ4n) is 6.97. The lowest BCUT2D eigenvalue weighted by molar-refractivity contribution is 1.26. The van der Waals surface area contributed by atoms with E-state index >= 15 is 0 Å². The van der Waals surface area contributed by atoms with E-state index in [0.29, 0.717) is 0 Å². The molecule has 0 aliphatic heterocycles. The van der Waals surface area contributed by atoms with E-state index < -0.39 is 0 Å². The van der Waals surface area contributed by atoms with Crippen molar-refractivity contribution in [2.24, 2.45) is 0 Å². The number of thiophene rings is 1. The Labute approximate surface area is 261 Å². The summed E-state index contributed by atoms with van der Waals surface area (Å²) in [6.07, 6.45) is 0.963. The fraction of sp³-hybridized carbons (Fsp3) is 0.0233. The zero-order valence-corrected chi connectivity index (χ0v) is 24.9. The van der Waals surface area contributed by atoms with Gasteiger partial charge in [0.2, 0.25) is 0 Å². The highest BCUT2D eigenvalue weighted by atomic mass is 32.1. The van der Waals surface area contributed by atoms with Crippen LogP contribution in [-0.2, 0) is 6.42 Å². The number of benzene rings is 7. The molecule has 0 atom stereocenters. The lowest BCUT2D eigenvalue weighted by atomic mass is 9.93. The summed E-state index contributed by atoms with van der Waals surface area (Å²) in [4.78, 5) is 0. The van der Waals surface area contributed by atoms with Gasteiger partial charge in [-0.05, 0) is 91.4 Å². The Kier molecular flexibility index (Phi) is 5.85. The van der Waals surface area contributed by atoms with Crippen LogP contribution in [0.4, 0.5) is 0 Å².